The molecule has 1 aromatic rings. The van der Waals surface area contributed by atoms with Crippen LogP contribution in [0, 0.1) is 5.82 Å². The van der Waals surface area contributed by atoms with Crippen molar-refractivity contribution in [3.05, 3.63) is 35.6 Å². The van der Waals surface area contributed by atoms with Crippen molar-refractivity contribution in [2.24, 2.45) is 10.8 Å². The van der Waals surface area contributed by atoms with Gasteiger partial charge in [0, 0.05) is 12.6 Å². The Bertz CT molecular complexity index is 979. The summed E-state index contributed by atoms with van der Waals surface area (Å²) in [4.78, 5) is 17.0. The van der Waals surface area contributed by atoms with E-state index in [2.05, 4.69) is 4.99 Å². The third-order valence-electron chi connectivity index (χ3n) is 5.31. The van der Waals surface area contributed by atoms with Crippen LogP contribution < -0.4 is 5.84 Å². The van der Waals surface area contributed by atoms with E-state index in [4.69, 9.17) is 10.6 Å². The van der Waals surface area contributed by atoms with Gasteiger partial charge in [-0.2, -0.15) is 5.01 Å². The van der Waals surface area contributed by atoms with E-state index in [1.165, 1.54) is 25.2 Å². The van der Waals surface area contributed by atoms with Crippen LogP contribution in [0.5, 0.6) is 0 Å². The molecule has 1 amide bonds. The van der Waals surface area contributed by atoms with Gasteiger partial charge in [-0.25, -0.2) is 37.1 Å². The summed E-state index contributed by atoms with van der Waals surface area (Å²) in [5.41, 5.74) is -2.48. The maximum Gasteiger partial charge on any atom is 0.431 e. The molecule has 166 valence electrons. The lowest BCUT2D eigenvalue weighted by Gasteiger charge is -2.48. The number of hydrogen-bond donors (Lipinski definition) is 1. The third kappa shape index (κ3) is 3.76. The van der Waals surface area contributed by atoms with Gasteiger partial charge < -0.3 is 4.74 Å². The second-order valence-corrected chi connectivity index (χ2v) is 10.7. The highest BCUT2D eigenvalue weighted by Gasteiger charge is 2.58. The first kappa shape index (κ1) is 22.4. The van der Waals surface area contributed by atoms with Gasteiger partial charge in [0.25, 0.3) is 0 Å². The summed E-state index contributed by atoms with van der Waals surface area (Å²) in [7, 11) is -3.05. The van der Waals surface area contributed by atoms with Crippen molar-refractivity contribution in [3.63, 3.8) is 0 Å². The molecule has 0 bridgehead atoms. The Hall–Kier alpha value is -2.27. The molecule has 1 fully saturated rings. The lowest BCUT2D eigenvalue weighted by molar-refractivity contribution is 0.0352. The van der Waals surface area contributed by atoms with Crippen LogP contribution in [0.3, 0.4) is 0 Å². The van der Waals surface area contributed by atoms with E-state index in [-0.39, 0.29) is 24.8 Å². The number of benzene rings is 1. The first-order chi connectivity index (χ1) is 13.8. The van der Waals surface area contributed by atoms with Crippen molar-refractivity contribution in [2.75, 3.05) is 7.05 Å². The Morgan fingerprint density at radius 2 is 2.00 bits per heavy atom. The van der Waals surface area contributed by atoms with E-state index < -0.39 is 50.5 Å². The summed E-state index contributed by atoms with van der Waals surface area (Å²) in [6, 6.07) is 5.64. The normalized spacial score (nSPS) is 28.4. The fourth-order valence-corrected chi connectivity index (χ4v) is 5.89. The fourth-order valence-electron chi connectivity index (χ4n) is 3.91. The molecule has 1 saturated carbocycles. The summed E-state index contributed by atoms with van der Waals surface area (Å²) in [6.07, 6.45) is -2.79. The van der Waals surface area contributed by atoms with Gasteiger partial charge in [0.2, 0.25) is 16.0 Å². The summed E-state index contributed by atoms with van der Waals surface area (Å²) in [5, 5.41) is -0.852. The van der Waals surface area contributed by atoms with E-state index >= 15 is 0 Å². The highest BCUT2D eigenvalue weighted by atomic mass is 32.2. The summed E-state index contributed by atoms with van der Waals surface area (Å²) in [6.45, 7) is 4.88. The van der Waals surface area contributed by atoms with Crippen molar-refractivity contribution >= 4 is 22.1 Å². The molecule has 1 aliphatic heterocycles. The van der Waals surface area contributed by atoms with Crippen LogP contribution in [-0.4, -0.2) is 53.9 Å². The minimum Gasteiger partial charge on any atom is -0.442 e. The zero-order chi connectivity index (χ0) is 22.5. The Kier molecular flexibility index (Phi) is 5.57. The summed E-state index contributed by atoms with van der Waals surface area (Å²) >= 11 is 0. The highest BCUT2D eigenvalue weighted by molar-refractivity contribution is 7.90. The number of fused-ring (bicyclic) bond motifs is 1. The van der Waals surface area contributed by atoms with E-state index in [1.54, 1.807) is 26.8 Å². The summed E-state index contributed by atoms with van der Waals surface area (Å²) in [5.74, 6) is 4.81. The molecule has 0 aromatic heterocycles. The molecule has 3 atom stereocenters. The van der Waals surface area contributed by atoms with Crippen LogP contribution in [0.4, 0.5) is 13.6 Å². The zero-order valence-corrected chi connectivity index (χ0v) is 18.1. The van der Waals surface area contributed by atoms with Gasteiger partial charge in [0.1, 0.15) is 28.4 Å². The number of hydrogen-bond acceptors (Lipinski definition) is 6. The average Bonchev–Trinajstić information content (AvgIpc) is 2.64. The molecule has 11 heteroatoms. The molecule has 2 N–H and O–H groups in total. The van der Waals surface area contributed by atoms with Crippen molar-refractivity contribution < 1.29 is 26.7 Å². The molecule has 1 heterocycles. The SMILES string of the molecule is CN1C(N(N)C(=O)OC(C)(C)C)=NC2(c3ccccc3F)CCC(F)CC2S1(=O)=O. The van der Waals surface area contributed by atoms with Crippen LogP contribution in [-0.2, 0) is 20.3 Å². The highest BCUT2D eigenvalue weighted by Crippen LogP contribution is 2.49. The number of aliphatic imine (C=N–C) groups is 1. The van der Waals surface area contributed by atoms with E-state index in [1.807, 2.05) is 0 Å². The van der Waals surface area contributed by atoms with Crippen molar-refractivity contribution in [1.29, 1.82) is 0 Å². The van der Waals surface area contributed by atoms with E-state index in [0.29, 0.717) is 5.01 Å². The lowest BCUT2D eigenvalue weighted by Crippen LogP contribution is -2.63. The van der Waals surface area contributed by atoms with Crippen LogP contribution >= 0.6 is 0 Å². The average molecular weight is 445 g/mol. The van der Waals surface area contributed by atoms with Gasteiger partial charge in [0.05, 0.1) is 0 Å². The number of nitrogens with two attached hydrogens (primary N) is 1. The van der Waals surface area contributed by atoms with E-state index in [0.717, 1.165) is 4.31 Å². The molecule has 1 aromatic carbocycles. The molecule has 3 unspecified atom stereocenters. The molecule has 3 rings (SSSR count). The predicted octanol–water partition coefficient (Wildman–Crippen LogP) is 2.65. The van der Waals surface area contributed by atoms with Gasteiger partial charge in [0.15, 0.2) is 0 Å². The topological polar surface area (TPSA) is 105 Å². The van der Waals surface area contributed by atoms with Crippen LogP contribution in [0.25, 0.3) is 0 Å². The van der Waals surface area contributed by atoms with E-state index in [9.17, 15) is 22.0 Å². The smallest absolute Gasteiger partial charge is 0.431 e. The number of guanidine groups is 1. The van der Waals surface area contributed by atoms with Gasteiger partial charge in [-0.1, -0.05) is 18.2 Å². The fraction of sp³-hybridized carbons (Fsp3) is 0.579. The number of carbonyl (C=O) groups is 1. The van der Waals surface area contributed by atoms with Gasteiger partial charge in [-0.05, 0) is 46.1 Å². The quantitative estimate of drug-likeness (QED) is 0.407. The number of carbonyl (C=O) groups excluding carboxylic acids is 1. The lowest BCUT2D eigenvalue weighted by atomic mass is 9.75. The summed E-state index contributed by atoms with van der Waals surface area (Å²) < 4.78 is 61.6. The monoisotopic (exact) mass is 444 g/mol. The number of hydrazine groups is 1. The second-order valence-electron chi connectivity index (χ2n) is 8.54. The molecular weight excluding hydrogens is 418 g/mol. The number of alkyl halides is 1. The number of ether oxygens (including phenoxy) is 1. The van der Waals surface area contributed by atoms with Gasteiger partial charge in [-0.15, -0.1) is 0 Å². The second kappa shape index (κ2) is 7.45. The van der Waals surface area contributed by atoms with Crippen LogP contribution in [0.2, 0.25) is 0 Å². The predicted molar refractivity (Wildman–Crippen MR) is 107 cm³/mol. The standard InChI is InChI=1S/C19H26F2N4O4S/c1-18(2,3)29-17(26)25(22)16-23-19(13-7-5-6-8-14(13)21)10-9-12(20)11-15(19)30(27,28)24(16)4/h5-8,12,15H,9-11,22H2,1-4H3. The Balaban J connectivity index is 2.20. The molecule has 0 spiro atoms. The molecule has 0 radical (unpaired) electrons. The first-order valence-corrected chi connectivity index (χ1v) is 11.0. The maximum absolute atomic E-state index is 14.8. The largest absolute Gasteiger partial charge is 0.442 e. The number of halogens is 2. The minimum absolute atomic E-state index is 0.00213. The number of nitrogens with zero attached hydrogens (tertiary/aromatic N) is 3. The molecule has 8 nitrogen and oxygen atoms in total. The molecular formula is C19H26F2N4O4S. The Morgan fingerprint density at radius 1 is 1.37 bits per heavy atom. The molecule has 2 aliphatic rings. The van der Waals surface area contributed by atoms with Gasteiger partial charge in [-0.3, -0.25) is 0 Å². The van der Waals surface area contributed by atoms with Crippen molar-refractivity contribution in [2.45, 2.75) is 62.6 Å². The first-order valence-electron chi connectivity index (χ1n) is 9.54. The third-order valence-corrected chi connectivity index (χ3v) is 7.54. The van der Waals surface area contributed by atoms with Crippen LogP contribution in [0.15, 0.2) is 29.3 Å². The van der Waals surface area contributed by atoms with Crippen molar-refractivity contribution in [1.82, 2.24) is 9.31 Å². The number of amides is 1. The zero-order valence-electron chi connectivity index (χ0n) is 17.3. The Morgan fingerprint density at radius 3 is 2.60 bits per heavy atom. The Labute approximate surface area is 174 Å². The van der Waals surface area contributed by atoms with Crippen LogP contribution in [0.1, 0.15) is 45.6 Å². The minimum atomic E-state index is -4.22. The molecule has 1 aliphatic carbocycles. The number of sulfonamides is 1. The molecule has 0 saturated heterocycles. The van der Waals surface area contributed by atoms with Crippen molar-refractivity contribution in [3.8, 4) is 0 Å². The maximum atomic E-state index is 14.8. The number of rotatable bonds is 1. The van der Waals surface area contributed by atoms with Gasteiger partial charge >= 0.3 is 6.09 Å². The molecule has 30 heavy (non-hydrogen) atoms.